The SMILES string of the molecule is COc1nc(C(C)C)nc(NCc2ccccc2)c1[N+](=O)[O-]. The van der Waals surface area contributed by atoms with Gasteiger partial charge < -0.3 is 10.1 Å². The van der Waals surface area contributed by atoms with Crippen molar-refractivity contribution in [2.75, 3.05) is 12.4 Å². The molecule has 0 saturated heterocycles. The van der Waals surface area contributed by atoms with E-state index in [4.69, 9.17) is 4.74 Å². The Bertz CT molecular complexity index is 659. The van der Waals surface area contributed by atoms with Gasteiger partial charge in [0.05, 0.1) is 12.0 Å². The lowest BCUT2D eigenvalue weighted by Gasteiger charge is -2.12. The fraction of sp³-hybridized carbons (Fsp3) is 0.333. The summed E-state index contributed by atoms with van der Waals surface area (Å²) in [6.07, 6.45) is 0. The Labute approximate surface area is 128 Å². The first-order valence-electron chi connectivity index (χ1n) is 6.91. The summed E-state index contributed by atoms with van der Waals surface area (Å²) in [4.78, 5) is 19.2. The molecule has 1 aromatic heterocycles. The quantitative estimate of drug-likeness (QED) is 0.651. The van der Waals surface area contributed by atoms with Crippen LogP contribution in [0.2, 0.25) is 0 Å². The standard InChI is InChI=1S/C15H18N4O3/c1-10(2)13-17-14(12(19(20)21)15(18-13)22-3)16-9-11-7-5-4-6-8-11/h4-8,10H,9H2,1-3H3,(H,16,17,18). The van der Waals surface area contributed by atoms with Gasteiger partial charge in [-0.2, -0.15) is 4.98 Å². The van der Waals surface area contributed by atoms with Crippen molar-refractivity contribution in [3.05, 3.63) is 51.8 Å². The number of anilines is 1. The van der Waals surface area contributed by atoms with E-state index in [1.807, 2.05) is 44.2 Å². The van der Waals surface area contributed by atoms with Crippen LogP contribution in [-0.4, -0.2) is 22.0 Å². The normalized spacial score (nSPS) is 10.5. The van der Waals surface area contributed by atoms with Gasteiger partial charge in [-0.25, -0.2) is 4.98 Å². The number of hydrogen-bond acceptors (Lipinski definition) is 6. The maximum atomic E-state index is 11.3. The minimum Gasteiger partial charge on any atom is -0.476 e. The molecule has 0 atom stereocenters. The first-order chi connectivity index (χ1) is 10.5. The maximum absolute atomic E-state index is 11.3. The van der Waals surface area contributed by atoms with E-state index < -0.39 is 4.92 Å². The Kier molecular flexibility index (Phi) is 4.88. The molecule has 0 radical (unpaired) electrons. The average molecular weight is 302 g/mol. The molecular formula is C15H18N4O3. The summed E-state index contributed by atoms with van der Waals surface area (Å²) in [5.74, 6) is 0.675. The Morgan fingerprint density at radius 1 is 1.27 bits per heavy atom. The number of methoxy groups -OCH3 is 1. The molecule has 0 amide bonds. The van der Waals surface area contributed by atoms with Gasteiger partial charge in [0, 0.05) is 12.5 Å². The van der Waals surface area contributed by atoms with E-state index in [-0.39, 0.29) is 23.3 Å². The topological polar surface area (TPSA) is 90.2 Å². The molecule has 1 N–H and O–H groups in total. The van der Waals surface area contributed by atoms with Crippen LogP contribution in [-0.2, 0) is 6.54 Å². The molecule has 2 aromatic rings. The van der Waals surface area contributed by atoms with Crippen LogP contribution < -0.4 is 10.1 Å². The second-order valence-corrected chi connectivity index (χ2v) is 5.04. The summed E-state index contributed by atoms with van der Waals surface area (Å²) in [5.41, 5.74) is 0.753. The molecule has 0 aliphatic heterocycles. The van der Waals surface area contributed by atoms with Crippen molar-refractivity contribution >= 4 is 11.5 Å². The minimum absolute atomic E-state index is 0.0285. The van der Waals surface area contributed by atoms with Crippen LogP contribution in [0.3, 0.4) is 0 Å². The van der Waals surface area contributed by atoms with E-state index in [9.17, 15) is 10.1 Å². The van der Waals surface area contributed by atoms with Gasteiger partial charge in [-0.05, 0) is 5.56 Å². The first kappa shape index (κ1) is 15.7. The third kappa shape index (κ3) is 3.49. The van der Waals surface area contributed by atoms with Crippen molar-refractivity contribution in [1.82, 2.24) is 9.97 Å². The molecule has 0 fully saturated rings. The second kappa shape index (κ2) is 6.84. The highest BCUT2D eigenvalue weighted by Gasteiger charge is 2.26. The molecule has 0 saturated carbocycles. The molecule has 7 nitrogen and oxygen atoms in total. The van der Waals surface area contributed by atoms with Crippen molar-refractivity contribution in [2.45, 2.75) is 26.3 Å². The second-order valence-electron chi connectivity index (χ2n) is 5.04. The van der Waals surface area contributed by atoms with E-state index >= 15 is 0 Å². The zero-order chi connectivity index (χ0) is 16.1. The van der Waals surface area contributed by atoms with Gasteiger partial charge in [-0.1, -0.05) is 44.2 Å². The number of nitro groups is 1. The summed E-state index contributed by atoms with van der Waals surface area (Å²) >= 11 is 0. The molecule has 0 aliphatic carbocycles. The third-order valence-corrected chi connectivity index (χ3v) is 3.06. The third-order valence-electron chi connectivity index (χ3n) is 3.06. The molecule has 22 heavy (non-hydrogen) atoms. The molecule has 0 bridgehead atoms. The number of aromatic nitrogens is 2. The van der Waals surface area contributed by atoms with Gasteiger partial charge in [-0.3, -0.25) is 10.1 Å². The van der Waals surface area contributed by atoms with Crippen LogP contribution in [0.1, 0.15) is 31.2 Å². The lowest BCUT2D eigenvalue weighted by atomic mass is 10.2. The Hall–Kier alpha value is -2.70. The van der Waals surface area contributed by atoms with Crippen LogP contribution in [0.15, 0.2) is 30.3 Å². The number of nitrogens with one attached hydrogen (secondary N) is 1. The van der Waals surface area contributed by atoms with E-state index in [0.717, 1.165) is 5.56 Å². The van der Waals surface area contributed by atoms with Crippen molar-refractivity contribution in [1.29, 1.82) is 0 Å². The van der Waals surface area contributed by atoms with E-state index in [1.165, 1.54) is 7.11 Å². The number of nitrogens with zero attached hydrogens (tertiary/aromatic N) is 3. The molecule has 1 heterocycles. The van der Waals surface area contributed by atoms with Crippen LogP contribution in [0.4, 0.5) is 11.5 Å². The van der Waals surface area contributed by atoms with Crippen LogP contribution >= 0.6 is 0 Å². The Balaban J connectivity index is 2.38. The molecule has 2 rings (SSSR count). The number of rotatable bonds is 6. The van der Waals surface area contributed by atoms with Gasteiger partial charge in [0.1, 0.15) is 5.82 Å². The molecule has 7 heteroatoms. The highest BCUT2D eigenvalue weighted by molar-refractivity contribution is 5.62. The molecule has 1 aromatic carbocycles. The van der Waals surface area contributed by atoms with Gasteiger partial charge in [0.25, 0.3) is 5.88 Å². The summed E-state index contributed by atoms with van der Waals surface area (Å²) in [7, 11) is 1.36. The minimum atomic E-state index is -0.531. The Morgan fingerprint density at radius 2 is 1.95 bits per heavy atom. The van der Waals surface area contributed by atoms with E-state index in [1.54, 1.807) is 0 Å². The van der Waals surface area contributed by atoms with Crippen molar-refractivity contribution in [2.24, 2.45) is 0 Å². The van der Waals surface area contributed by atoms with Crippen LogP contribution in [0.5, 0.6) is 5.88 Å². The smallest absolute Gasteiger partial charge is 0.372 e. The van der Waals surface area contributed by atoms with Crippen molar-refractivity contribution in [3.8, 4) is 5.88 Å². The number of ether oxygens (including phenoxy) is 1. The molecule has 0 unspecified atom stereocenters. The predicted molar refractivity (Wildman–Crippen MR) is 83.1 cm³/mol. The number of benzene rings is 1. The fourth-order valence-electron chi connectivity index (χ4n) is 1.92. The van der Waals surface area contributed by atoms with Gasteiger partial charge in [-0.15, -0.1) is 0 Å². The first-order valence-corrected chi connectivity index (χ1v) is 6.91. The predicted octanol–water partition coefficient (Wildman–Crippen LogP) is 3.13. The molecule has 116 valence electrons. The largest absolute Gasteiger partial charge is 0.476 e. The molecular weight excluding hydrogens is 284 g/mol. The lowest BCUT2D eigenvalue weighted by molar-refractivity contribution is -0.385. The van der Waals surface area contributed by atoms with Crippen molar-refractivity contribution in [3.63, 3.8) is 0 Å². The van der Waals surface area contributed by atoms with Gasteiger partial charge >= 0.3 is 5.69 Å². The lowest BCUT2D eigenvalue weighted by Crippen LogP contribution is -2.10. The zero-order valence-corrected chi connectivity index (χ0v) is 12.7. The van der Waals surface area contributed by atoms with Gasteiger partial charge in [0.15, 0.2) is 0 Å². The highest BCUT2D eigenvalue weighted by atomic mass is 16.6. The summed E-state index contributed by atoms with van der Waals surface area (Å²) in [6, 6.07) is 9.59. The summed E-state index contributed by atoms with van der Waals surface area (Å²) < 4.78 is 5.06. The van der Waals surface area contributed by atoms with Crippen molar-refractivity contribution < 1.29 is 9.66 Å². The molecule has 0 aliphatic rings. The maximum Gasteiger partial charge on any atom is 0.372 e. The zero-order valence-electron chi connectivity index (χ0n) is 12.7. The summed E-state index contributed by atoms with van der Waals surface area (Å²) in [5, 5.41) is 14.3. The van der Waals surface area contributed by atoms with E-state index in [0.29, 0.717) is 12.4 Å². The fourth-order valence-corrected chi connectivity index (χ4v) is 1.92. The Morgan fingerprint density at radius 3 is 2.50 bits per heavy atom. The summed E-state index contributed by atoms with van der Waals surface area (Å²) in [6.45, 7) is 4.27. The molecule has 0 spiro atoms. The number of hydrogen-bond donors (Lipinski definition) is 1. The van der Waals surface area contributed by atoms with E-state index in [2.05, 4.69) is 15.3 Å². The monoisotopic (exact) mass is 302 g/mol. The van der Waals surface area contributed by atoms with Crippen LogP contribution in [0, 0.1) is 10.1 Å². The average Bonchev–Trinajstić information content (AvgIpc) is 2.52. The van der Waals surface area contributed by atoms with Crippen LogP contribution in [0.25, 0.3) is 0 Å². The van der Waals surface area contributed by atoms with Gasteiger partial charge in [0.2, 0.25) is 5.82 Å². The highest BCUT2D eigenvalue weighted by Crippen LogP contribution is 2.33.